The lowest BCUT2D eigenvalue weighted by atomic mass is 10.1. The number of halogens is 2. The third kappa shape index (κ3) is 3.45. The zero-order valence-corrected chi connectivity index (χ0v) is 13.3. The Balaban J connectivity index is 1.77. The van der Waals surface area contributed by atoms with Crippen LogP contribution in [-0.2, 0) is 6.54 Å². The summed E-state index contributed by atoms with van der Waals surface area (Å²) in [4.78, 5) is 2.45. The number of nitrogens with one attached hydrogen (secondary N) is 1. The Morgan fingerprint density at radius 3 is 2.57 bits per heavy atom. The van der Waals surface area contributed by atoms with Gasteiger partial charge in [-0.15, -0.1) is 0 Å². The summed E-state index contributed by atoms with van der Waals surface area (Å²) in [6, 6.07) is 14.0. The van der Waals surface area contributed by atoms with Crippen molar-refractivity contribution in [1.29, 1.82) is 0 Å². The Hall–Kier alpha value is -1.38. The summed E-state index contributed by atoms with van der Waals surface area (Å²) < 4.78 is 0. The molecule has 0 aromatic heterocycles. The Morgan fingerprint density at radius 2 is 1.76 bits per heavy atom. The molecule has 2 nitrogen and oxygen atoms in total. The average molecular weight is 321 g/mol. The summed E-state index contributed by atoms with van der Waals surface area (Å²) in [6.07, 6.45) is 2.56. The molecule has 3 rings (SSSR count). The predicted molar refractivity (Wildman–Crippen MR) is 91.7 cm³/mol. The van der Waals surface area contributed by atoms with E-state index >= 15 is 0 Å². The molecule has 0 atom stereocenters. The number of hydrogen-bond acceptors (Lipinski definition) is 2. The van der Waals surface area contributed by atoms with Crippen LogP contribution in [0.25, 0.3) is 0 Å². The highest BCUT2D eigenvalue weighted by atomic mass is 35.5. The van der Waals surface area contributed by atoms with Gasteiger partial charge in [-0.25, -0.2) is 0 Å². The first-order chi connectivity index (χ1) is 10.2. The number of benzene rings is 2. The van der Waals surface area contributed by atoms with Crippen LogP contribution in [0.3, 0.4) is 0 Å². The van der Waals surface area contributed by atoms with Crippen molar-refractivity contribution in [3.05, 3.63) is 58.1 Å². The molecule has 0 unspecified atom stereocenters. The van der Waals surface area contributed by atoms with Gasteiger partial charge in [0.15, 0.2) is 0 Å². The van der Waals surface area contributed by atoms with Crippen molar-refractivity contribution < 1.29 is 0 Å². The lowest BCUT2D eigenvalue weighted by Crippen LogP contribution is -2.19. The van der Waals surface area contributed by atoms with Gasteiger partial charge in [-0.3, -0.25) is 0 Å². The Kier molecular flexibility index (Phi) is 4.57. The summed E-state index contributed by atoms with van der Waals surface area (Å²) in [7, 11) is 0. The maximum absolute atomic E-state index is 6.20. The fourth-order valence-electron chi connectivity index (χ4n) is 2.75. The Bertz CT molecular complexity index is 622. The molecular weight excluding hydrogens is 303 g/mol. The van der Waals surface area contributed by atoms with Gasteiger partial charge in [0.25, 0.3) is 0 Å². The van der Waals surface area contributed by atoms with Crippen molar-refractivity contribution in [3.63, 3.8) is 0 Å². The monoisotopic (exact) mass is 320 g/mol. The molecule has 0 saturated carbocycles. The summed E-state index contributed by atoms with van der Waals surface area (Å²) in [6.45, 7) is 3.04. The maximum Gasteiger partial charge on any atom is 0.0638 e. The van der Waals surface area contributed by atoms with Crippen molar-refractivity contribution in [2.24, 2.45) is 0 Å². The van der Waals surface area contributed by atoms with E-state index in [1.54, 1.807) is 6.07 Å². The fraction of sp³-hybridized carbons (Fsp3) is 0.294. The fourth-order valence-corrected chi connectivity index (χ4v) is 3.11. The molecule has 1 N–H and O–H groups in total. The molecular formula is C17H18Cl2N2. The Labute approximate surface area is 135 Å². The molecule has 2 aromatic carbocycles. The minimum atomic E-state index is 0.690. The van der Waals surface area contributed by atoms with Gasteiger partial charge in [-0.2, -0.15) is 0 Å². The van der Waals surface area contributed by atoms with Crippen LogP contribution in [0.2, 0.25) is 10.0 Å². The van der Waals surface area contributed by atoms with E-state index in [1.807, 2.05) is 12.1 Å². The molecule has 1 saturated heterocycles. The number of para-hydroxylation sites is 1. The average Bonchev–Trinajstić information content (AvgIpc) is 3.03. The first-order valence-electron chi connectivity index (χ1n) is 7.26. The van der Waals surface area contributed by atoms with Gasteiger partial charge in [-0.1, -0.05) is 41.4 Å². The van der Waals surface area contributed by atoms with Crippen LogP contribution >= 0.6 is 23.2 Å². The van der Waals surface area contributed by atoms with Crippen LogP contribution in [0, 0.1) is 0 Å². The van der Waals surface area contributed by atoms with Gasteiger partial charge < -0.3 is 10.2 Å². The Morgan fingerprint density at radius 1 is 1.00 bits per heavy atom. The minimum absolute atomic E-state index is 0.690. The zero-order chi connectivity index (χ0) is 14.7. The molecule has 1 aliphatic rings. The lowest BCUT2D eigenvalue weighted by Gasteiger charge is -2.22. The highest BCUT2D eigenvalue weighted by molar-refractivity contribution is 6.35. The number of hydrogen-bond donors (Lipinski definition) is 1. The molecule has 110 valence electrons. The van der Waals surface area contributed by atoms with Crippen molar-refractivity contribution in [2.75, 3.05) is 23.3 Å². The van der Waals surface area contributed by atoms with Gasteiger partial charge >= 0.3 is 0 Å². The van der Waals surface area contributed by atoms with E-state index in [1.165, 1.54) is 24.1 Å². The highest BCUT2D eigenvalue weighted by Gasteiger charge is 2.15. The molecule has 0 spiro atoms. The molecule has 1 heterocycles. The largest absolute Gasteiger partial charge is 0.380 e. The third-order valence-electron chi connectivity index (χ3n) is 3.84. The van der Waals surface area contributed by atoms with E-state index in [4.69, 9.17) is 23.2 Å². The van der Waals surface area contributed by atoms with Gasteiger partial charge in [0.05, 0.1) is 10.7 Å². The van der Waals surface area contributed by atoms with Crippen molar-refractivity contribution >= 4 is 34.6 Å². The molecule has 21 heavy (non-hydrogen) atoms. The van der Waals surface area contributed by atoms with Crippen LogP contribution in [0.1, 0.15) is 18.4 Å². The van der Waals surface area contributed by atoms with Gasteiger partial charge in [0.2, 0.25) is 0 Å². The van der Waals surface area contributed by atoms with E-state index in [-0.39, 0.29) is 0 Å². The lowest BCUT2D eigenvalue weighted by molar-refractivity contribution is 0.949. The second-order valence-corrected chi connectivity index (χ2v) is 6.14. The van der Waals surface area contributed by atoms with E-state index < -0.39 is 0 Å². The minimum Gasteiger partial charge on any atom is -0.380 e. The molecule has 4 heteroatoms. The second kappa shape index (κ2) is 6.59. The van der Waals surface area contributed by atoms with E-state index in [9.17, 15) is 0 Å². The molecule has 1 aliphatic heterocycles. The number of anilines is 2. The molecule has 0 amide bonds. The summed E-state index contributed by atoms with van der Waals surface area (Å²) >= 11 is 12.2. The molecule has 0 radical (unpaired) electrons. The summed E-state index contributed by atoms with van der Waals surface area (Å²) in [5, 5.41) is 4.77. The quantitative estimate of drug-likeness (QED) is 0.832. The summed E-state index contributed by atoms with van der Waals surface area (Å²) in [5.74, 6) is 0. The van der Waals surface area contributed by atoms with Crippen LogP contribution in [-0.4, -0.2) is 13.1 Å². The van der Waals surface area contributed by atoms with Crippen LogP contribution in [0.15, 0.2) is 42.5 Å². The van der Waals surface area contributed by atoms with E-state index in [0.29, 0.717) is 10.0 Å². The number of nitrogens with zero attached hydrogens (tertiary/aromatic N) is 1. The molecule has 1 fully saturated rings. The van der Waals surface area contributed by atoms with Crippen LogP contribution in [0.4, 0.5) is 11.4 Å². The first-order valence-corrected chi connectivity index (χ1v) is 8.01. The van der Waals surface area contributed by atoms with E-state index in [2.05, 4.69) is 34.5 Å². The molecule has 2 aromatic rings. The SMILES string of the molecule is Clc1ccc(Cl)c(NCc2ccccc2N2CCCC2)c1. The number of rotatable bonds is 4. The van der Waals surface area contributed by atoms with Crippen molar-refractivity contribution in [1.82, 2.24) is 0 Å². The maximum atomic E-state index is 6.20. The van der Waals surface area contributed by atoms with Crippen LogP contribution in [0.5, 0.6) is 0 Å². The van der Waals surface area contributed by atoms with Crippen molar-refractivity contribution in [2.45, 2.75) is 19.4 Å². The standard InChI is InChI=1S/C17H18Cl2N2/c18-14-7-8-15(19)16(11-14)20-12-13-5-1-2-6-17(13)21-9-3-4-10-21/h1-2,5-8,11,20H,3-4,9-10,12H2. The smallest absolute Gasteiger partial charge is 0.0638 e. The van der Waals surface area contributed by atoms with Crippen LogP contribution < -0.4 is 10.2 Å². The topological polar surface area (TPSA) is 15.3 Å². The first kappa shape index (κ1) is 14.6. The highest BCUT2D eigenvalue weighted by Crippen LogP contribution is 2.28. The zero-order valence-electron chi connectivity index (χ0n) is 11.8. The molecule has 0 bridgehead atoms. The van der Waals surface area contributed by atoms with Gasteiger partial charge in [0, 0.05) is 30.3 Å². The van der Waals surface area contributed by atoms with E-state index in [0.717, 1.165) is 25.3 Å². The molecule has 0 aliphatic carbocycles. The van der Waals surface area contributed by atoms with Crippen molar-refractivity contribution in [3.8, 4) is 0 Å². The van der Waals surface area contributed by atoms with Gasteiger partial charge in [-0.05, 0) is 42.7 Å². The predicted octanol–water partition coefficient (Wildman–Crippen LogP) is 5.21. The summed E-state index contributed by atoms with van der Waals surface area (Å²) in [5.41, 5.74) is 3.48. The van der Waals surface area contributed by atoms with Gasteiger partial charge in [0.1, 0.15) is 0 Å². The second-order valence-electron chi connectivity index (χ2n) is 5.30. The normalized spacial score (nSPS) is 14.5. The third-order valence-corrected chi connectivity index (χ3v) is 4.40.